The second-order valence-electron chi connectivity index (χ2n) is 6.55. The van der Waals surface area contributed by atoms with Crippen LogP contribution in [0.2, 0.25) is 0 Å². The van der Waals surface area contributed by atoms with Crippen molar-refractivity contribution in [1.82, 2.24) is 0 Å². The molecule has 0 atom stereocenters. The Labute approximate surface area is 163 Å². The van der Waals surface area contributed by atoms with Crippen molar-refractivity contribution in [3.8, 4) is 0 Å². The predicted octanol–water partition coefficient (Wildman–Crippen LogP) is 5.45. The number of esters is 1. The molecule has 0 N–H and O–H groups in total. The van der Waals surface area contributed by atoms with Gasteiger partial charge in [0.15, 0.2) is 0 Å². The molecule has 28 heavy (non-hydrogen) atoms. The summed E-state index contributed by atoms with van der Waals surface area (Å²) in [5, 5.41) is 0. The molecule has 0 aliphatic rings. The number of allylic oxidation sites excluding steroid dienone is 3. The van der Waals surface area contributed by atoms with Crippen molar-refractivity contribution in [3.05, 3.63) is 53.1 Å². The molecule has 0 saturated carbocycles. The fourth-order valence-electron chi connectivity index (χ4n) is 2.39. The number of hydrogen-bond acceptors (Lipinski definition) is 3. The summed E-state index contributed by atoms with van der Waals surface area (Å²) in [4.78, 5) is 24.2. The largest absolute Gasteiger partial charge is 0.471 e. The molecule has 1 amide bonds. The van der Waals surface area contributed by atoms with Gasteiger partial charge >= 0.3 is 18.1 Å². The smallest absolute Gasteiger partial charge is 0.462 e. The number of amides is 1. The molecule has 0 aromatic heterocycles. The summed E-state index contributed by atoms with van der Waals surface area (Å²) in [5.74, 6) is -2.53. The van der Waals surface area contributed by atoms with E-state index < -0.39 is 18.1 Å². The number of anilines is 1. The zero-order chi connectivity index (χ0) is 21.3. The monoisotopic (exact) mass is 397 g/mol. The Bertz CT molecular complexity index is 730. The predicted molar refractivity (Wildman–Crippen MR) is 103 cm³/mol. The Morgan fingerprint density at radius 1 is 1.07 bits per heavy atom. The zero-order valence-corrected chi connectivity index (χ0v) is 16.6. The Balaban J connectivity index is 3.02. The van der Waals surface area contributed by atoms with Gasteiger partial charge in [0, 0.05) is 12.2 Å². The van der Waals surface area contributed by atoms with Crippen LogP contribution >= 0.6 is 0 Å². The van der Waals surface area contributed by atoms with Gasteiger partial charge in [-0.3, -0.25) is 4.79 Å². The fraction of sp³-hybridized carbons (Fsp3) is 0.429. The lowest BCUT2D eigenvalue weighted by Crippen LogP contribution is -2.41. The van der Waals surface area contributed by atoms with Gasteiger partial charge < -0.3 is 9.64 Å². The number of carbonyl (C=O) groups is 2. The highest BCUT2D eigenvalue weighted by Gasteiger charge is 2.42. The van der Waals surface area contributed by atoms with Gasteiger partial charge in [-0.15, -0.1) is 0 Å². The van der Waals surface area contributed by atoms with Crippen LogP contribution in [0.1, 0.15) is 50.9 Å². The van der Waals surface area contributed by atoms with E-state index in [1.54, 1.807) is 13.0 Å². The summed E-state index contributed by atoms with van der Waals surface area (Å²) >= 11 is 0. The molecular weight excluding hydrogens is 371 g/mol. The molecule has 1 aromatic carbocycles. The van der Waals surface area contributed by atoms with Crippen LogP contribution in [0.15, 0.2) is 47.6 Å². The number of hydrogen-bond donors (Lipinski definition) is 0. The molecule has 0 bridgehead atoms. The second kappa shape index (κ2) is 10.7. The number of nitrogens with zero attached hydrogens (tertiary/aromatic N) is 1. The van der Waals surface area contributed by atoms with Crippen LogP contribution in [0.3, 0.4) is 0 Å². The van der Waals surface area contributed by atoms with Crippen molar-refractivity contribution < 1.29 is 27.5 Å². The van der Waals surface area contributed by atoms with Crippen LogP contribution in [0.25, 0.3) is 0 Å². The van der Waals surface area contributed by atoms with Gasteiger partial charge in [-0.2, -0.15) is 13.2 Å². The molecule has 0 saturated heterocycles. The molecule has 154 valence electrons. The van der Waals surface area contributed by atoms with E-state index in [0.717, 1.165) is 12.0 Å². The SMILES string of the molecule is CCOC(=O)c1ccc(N(C/C=C(\C)CCC=C(C)C)C(=O)C(F)(F)F)cc1. The maximum atomic E-state index is 13.0. The van der Waals surface area contributed by atoms with Crippen LogP contribution in [0.5, 0.6) is 0 Å². The minimum absolute atomic E-state index is 0.0590. The van der Waals surface area contributed by atoms with Crippen molar-refractivity contribution in [2.45, 2.75) is 46.7 Å². The van der Waals surface area contributed by atoms with Crippen LogP contribution in [-0.2, 0) is 9.53 Å². The van der Waals surface area contributed by atoms with Gasteiger partial charge in [-0.1, -0.05) is 23.3 Å². The molecule has 0 spiro atoms. The third kappa shape index (κ3) is 7.58. The Morgan fingerprint density at radius 3 is 2.18 bits per heavy atom. The molecule has 0 fully saturated rings. The van der Waals surface area contributed by atoms with E-state index in [1.165, 1.54) is 29.8 Å². The van der Waals surface area contributed by atoms with E-state index in [9.17, 15) is 22.8 Å². The van der Waals surface area contributed by atoms with Crippen LogP contribution < -0.4 is 4.90 Å². The number of ether oxygens (including phenoxy) is 1. The van der Waals surface area contributed by atoms with Gasteiger partial charge in [-0.25, -0.2) is 4.79 Å². The number of halogens is 3. The third-order valence-electron chi connectivity index (χ3n) is 3.89. The van der Waals surface area contributed by atoms with Gasteiger partial charge in [0.25, 0.3) is 0 Å². The summed E-state index contributed by atoms with van der Waals surface area (Å²) in [6.45, 7) is 7.40. The van der Waals surface area contributed by atoms with Crippen molar-refractivity contribution >= 4 is 17.6 Å². The molecule has 7 heteroatoms. The van der Waals surface area contributed by atoms with E-state index in [-0.39, 0.29) is 24.4 Å². The molecule has 1 rings (SSSR count). The maximum Gasteiger partial charge on any atom is 0.471 e. The number of benzene rings is 1. The van der Waals surface area contributed by atoms with Gasteiger partial charge in [-0.05, 0) is 64.8 Å². The van der Waals surface area contributed by atoms with Crippen molar-refractivity contribution in [3.63, 3.8) is 0 Å². The van der Waals surface area contributed by atoms with Crippen LogP contribution in [-0.4, -0.2) is 31.2 Å². The van der Waals surface area contributed by atoms with Crippen molar-refractivity contribution in [2.75, 3.05) is 18.1 Å². The minimum atomic E-state index is -5.00. The first-order valence-electron chi connectivity index (χ1n) is 9.01. The van der Waals surface area contributed by atoms with Gasteiger partial charge in [0.05, 0.1) is 12.2 Å². The van der Waals surface area contributed by atoms with E-state index >= 15 is 0 Å². The lowest BCUT2D eigenvalue weighted by molar-refractivity contribution is -0.170. The highest BCUT2D eigenvalue weighted by Crippen LogP contribution is 2.24. The lowest BCUT2D eigenvalue weighted by atomic mass is 10.1. The highest BCUT2D eigenvalue weighted by atomic mass is 19.4. The first kappa shape index (κ1) is 23.5. The number of rotatable bonds is 8. The standard InChI is InChI=1S/C21H26F3NO3/c1-5-28-19(26)17-9-11-18(12-10-17)25(20(27)21(22,23)24)14-13-16(4)8-6-7-15(2)3/h7,9-13H,5-6,8,14H2,1-4H3/b16-13+. The summed E-state index contributed by atoms with van der Waals surface area (Å²) < 4.78 is 43.9. The maximum absolute atomic E-state index is 13.0. The average molecular weight is 397 g/mol. The third-order valence-corrected chi connectivity index (χ3v) is 3.89. The van der Waals surface area contributed by atoms with E-state index in [1.807, 2.05) is 26.8 Å². The second-order valence-corrected chi connectivity index (χ2v) is 6.55. The van der Waals surface area contributed by atoms with E-state index in [2.05, 4.69) is 0 Å². The summed E-state index contributed by atoms with van der Waals surface area (Å²) in [7, 11) is 0. The summed E-state index contributed by atoms with van der Waals surface area (Å²) in [6.07, 6.45) is 0.141. The fourth-order valence-corrected chi connectivity index (χ4v) is 2.39. The van der Waals surface area contributed by atoms with Gasteiger partial charge in [0.1, 0.15) is 0 Å². The highest BCUT2D eigenvalue weighted by molar-refractivity contribution is 5.98. The molecule has 0 aliphatic carbocycles. The Kier molecular flexibility index (Phi) is 8.96. The summed E-state index contributed by atoms with van der Waals surface area (Å²) in [5.41, 5.74) is 2.33. The lowest BCUT2D eigenvalue weighted by Gasteiger charge is -2.23. The Morgan fingerprint density at radius 2 is 1.68 bits per heavy atom. The van der Waals surface area contributed by atoms with Crippen molar-refractivity contribution in [1.29, 1.82) is 0 Å². The average Bonchev–Trinajstić information content (AvgIpc) is 2.61. The van der Waals surface area contributed by atoms with Crippen LogP contribution in [0.4, 0.5) is 18.9 Å². The molecule has 1 aromatic rings. The number of alkyl halides is 3. The number of carbonyl (C=O) groups excluding carboxylic acids is 2. The molecule has 0 aliphatic heterocycles. The molecule has 0 heterocycles. The topological polar surface area (TPSA) is 46.6 Å². The van der Waals surface area contributed by atoms with E-state index in [0.29, 0.717) is 11.3 Å². The zero-order valence-electron chi connectivity index (χ0n) is 16.6. The quantitative estimate of drug-likeness (QED) is 0.433. The van der Waals surface area contributed by atoms with Crippen molar-refractivity contribution in [2.24, 2.45) is 0 Å². The minimum Gasteiger partial charge on any atom is -0.462 e. The van der Waals surface area contributed by atoms with Crippen LogP contribution in [0, 0.1) is 0 Å². The van der Waals surface area contributed by atoms with E-state index in [4.69, 9.17) is 4.74 Å². The first-order chi connectivity index (χ1) is 13.1. The summed E-state index contributed by atoms with van der Waals surface area (Å²) in [6, 6.07) is 5.30. The Hall–Kier alpha value is -2.57. The normalized spacial score (nSPS) is 11.8. The first-order valence-corrected chi connectivity index (χ1v) is 9.01. The molecule has 0 unspecified atom stereocenters. The molecule has 4 nitrogen and oxygen atoms in total. The molecular formula is C21H26F3NO3. The van der Waals surface area contributed by atoms with Gasteiger partial charge in [0.2, 0.25) is 0 Å². The molecule has 0 radical (unpaired) electrons.